The Hall–Kier alpha value is -3.55. The summed E-state index contributed by atoms with van der Waals surface area (Å²) in [7, 11) is 0. The second-order valence-electron chi connectivity index (χ2n) is 4.69. The molecule has 23 heavy (non-hydrogen) atoms. The summed E-state index contributed by atoms with van der Waals surface area (Å²) in [6, 6.07) is 12.8. The number of rotatable bonds is 4. The third-order valence-corrected chi connectivity index (χ3v) is 3.29. The normalized spacial score (nSPS) is 10.4. The van der Waals surface area contributed by atoms with Crippen molar-refractivity contribution in [3.63, 3.8) is 0 Å². The largest absolute Gasteiger partial charge is 0.348 e. The van der Waals surface area contributed by atoms with Crippen molar-refractivity contribution in [2.75, 3.05) is 5.32 Å². The Balaban J connectivity index is 2.30. The molecule has 1 N–H and O–H groups in total. The number of aromatic nitrogens is 1. The molecular formula is C15H10N4O4. The van der Waals surface area contributed by atoms with E-state index in [1.54, 1.807) is 30.3 Å². The third kappa shape index (κ3) is 2.64. The molecule has 0 aliphatic heterocycles. The highest BCUT2D eigenvalue weighted by molar-refractivity contribution is 6.02. The van der Waals surface area contributed by atoms with Crippen molar-refractivity contribution in [3.05, 3.63) is 75.0 Å². The molecule has 0 saturated carbocycles. The minimum Gasteiger partial charge on any atom is -0.348 e. The number of nitro groups is 2. The summed E-state index contributed by atoms with van der Waals surface area (Å²) in [5.74, 6) is 0. The molecule has 3 rings (SSSR count). The Kier molecular flexibility index (Phi) is 3.55. The van der Waals surface area contributed by atoms with Gasteiger partial charge in [-0.05, 0) is 24.3 Å². The van der Waals surface area contributed by atoms with Crippen LogP contribution in [0.25, 0.3) is 10.9 Å². The van der Waals surface area contributed by atoms with Crippen LogP contribution in [0.3, 0.4) is 0 Å². The van der Waals surface area contributed by atoms with Crippen LogP contribution in [-0.4, -0.2) is 14.8 Å². The lowest BCUT2D eigenvalue weighted by atomic mass is 10.1. The maximum atomic E-state index is 11.3. The lowest BCUT2D eigenvalue weighted by Gasteiger charge is -2.10. The number of nitrogens with one attached hydrogen (secondary N) is 1. The van der Waals surface area contributed by atoms with Gasteiger partial charge in [0.05, 0.1) is 21.3 Å². The van der Waals surface area contributed by atoms with Crippen LogP contribution < -0.4 is 5.32 Å². The van der Waals surface area contributed by atoms with Crippen LogP contribution in [0.5, 0.6) is 0 Å². The number of hydrogen-bond donors (Lipinski definition) is 1. The van der Waals surface area contributed by atoms with E-state index in [9.17, 15) is 20.2 Å². The highest BCUT2D eigenvalue weighted by Gasteiger charge is 2.26. The molecule has 1 heterocycles. The second kappa shape index (κ2) is 5.68. The highest BCUT2D eigenvalue weighted by atomic mass is 16.6. The van der Waals surface area contributed by atoms with Crippen molar-refractivity contribution >= 4 is 33.7 Å². The lowest BCUT2D eigenvalue weighted by molar-refractivity contribution is -0.392. The van der Waals surface area contributed by atoms with Gasteiger partial charge in [-0.25, -0.2) is 0 Å². The molecule has 0 bridgehead atoms. The topological polar surface area (TPSA) is 111 Å². The summed E-state index contributed by atoms with van der Waals surface area (Å²) in [6.07, 6.45) is 1.44. The van der Waals surface area contributed by atoms with Gasteiger partial charge in [0, 0.05) is 11.9 Å². The van der Waals surface area contributed by atoms with Gasteiger partial charge >= 0.3 is 5.69 Å². The van der Waals surface area contributed by atoms with Gasteiger partial charge in [0.15, 0.2) is 0 Å². The van der Waals surface area contributed by atoms with Crippen LogP contribution in [-0.2, 0) is 0 Å². The first-order valence-corrected chi connectivity index (χ1v) is 6.60. The van der Waals surface area contributed by atoms with E-state index in [4.69, 9.17) is 0 Å². The fourth-order valence-electron chi connectivity index (χ4n) is 2.30. The van der Waals surface area contributed by atoms with E-state index in [1.165, 1.54) is 12.3 Å². The zero-order chi connectivity index (χ0) is 16.4. The molecule has 0 spiro atoms. The smallest absolute Gasteiger partial charge is 0.301 e. The predicted octanol–water partition coefficient (Wildman–Crippen LogP) is 3.79. The Morgan fingerprint density at radius 1 is 0.913 bits per heavy atom. The Bertz CT molecular complexity index is 912. The summed E-state index contributed by atoms with van der Waals surface area (Å²) >= 11 is 0. The lowest BCUT2D eigenvalue weighted by Crippen LogP contribution is -2.01. The molecule has 114 valence electrons. The van der Waals surface area contributed by atoms with E-state index in [1.807, 2.05) is 6.07 Å². The molecule has 0 aliphatic carbocycles. The standard InChI is InChI=1S/C15H10N4O4/c20-18(21)12-9-13(19(22)23)15(14-11(12)7-4-8-16-14)17-10-5-2-1-3-6-10/h1-9,17H. The number of non-ortho nitro benzene ring substituents is 1. The van der Waals surface area contributed by atoms with Gasteiger partial charge in [0.25, 0.3) is 5.69 Å². The monoisotopic (exact) mass is 310 g/mol. The molecule has 0 amide bonds. The van der Waals surface area contributed by atoms with E-state index >= 15 is 0 Å². The Morgan fingerprint density at radius 2 is 1.61 bits per heavy atom. The Labute approximate surface area is 129 Å². The van der Waals surface area contributed by atoms with Gasteiger partial charge < -0.3 is 5.32 Å². The zero-order valence-electron chi connectivity index (χ0n) is 11.7. The third-order valence-electron chi connectivity index (χ3n) is 3.29. The number of pyridine rings is 1. The fourth-order valence-corrected chi connectivity index (χ4v) is 2.30. The predicted molar refractivity (Wildman–Crippen MR) is 84.8 cm³/mol. The molecule has 0 fully saturated rings. The summed E-state index contributed by atoms with van der Waals surface area (Å²) < 4.78 is 0. The van der Waals surface area contributed by atoms with Gasteiger partial charge in [-0.15, -0.1) is 0 Å². The van der Waals surface area contributed by atoms with Crippen molar-refractivity contribution in [2.45, 2.75) is 0 Å². The first kappa shape index (κ1) is 14.4. The minimum absolute atomic E-state index is 0.127. The van der Waals surface area contributed by atoms with Gasteiger partial charge in [-0.1, -0.05) is 18.2 Å². The quantitative estimate of drug-likeness (QED) is 0.579. The Morgan fingerprint density at radius 3 is 2.26 bits per heavy atom. The number of nitro benzene ring substituents is 2. The molecule has 1 aromatic heterocycles. The molecule has 0 saturated heterocycles. The summed E-state index contributed by atoms with van der Waals surface area (Å²) in [6.45, 7) is 0. The maximum Gasteiger partial charge on any atom is 0.301 e. The van der Waals surface area contributed by atoms with Crippen molar-refractivity contribution in [1.29, 1.82) is 0 Å². The number of nitrogens with zero attached hydrogens (tertiary/aromatic N) is 3. The summed E-state index contributed by atoms with van der Waals surface area (Å²) in [5.41, 5.74) is 0.182. The first-order valence-electron chi connectivity index (χ1n) is 6.60. The molecule has 8 heteroatoms. The van der Waals surface area contributed by atoms with Gasteiger partial charge in [-0.3, -0.25) is 25.2 Å². The van der Waals surface area contributed by atoms with Crippen LogP contribution in [0.15, 0.2) is 54.7 Å². The number of para-hydroxylation sites is 1. The van der Waals surface area contributed by atoms with Crippen LogP contribution in [0, 0.1) is 20.2 Å². The summed E-state index contributed by atoms with van der Waals surface area (Å²) in [4.78, 5) is 25.3. The first-order chi connectivity index (χ1) is 11.1. The van der Waals surface area contributed by atoms with Crippen molar-refractivity contribution in [1.82, 2.24) is 4.98 Å². The van der Waals surface area contributed by atoms with Crippen LogP contribution in [0.1, 0.15) is 0 Å². The molecule has 0 atom stereocenters. The number of benzene rings is 2. The van der Waals surface area contributed by atoms with E-state index in [0.717, 1.165) is 6.07 Å². The van der Waals surface area contributed by atoms with Crippen molar-refractivity contribution < 1.29 is 9.85 Å². The second-order valence-corrected chi connectivity index (χ2v) is 4.69. The van der Waals surface area contributed by atoms with E-state index in [2.05, 4.69) is 10.3 Å². The fraction of sp³-hybridized carbons (Fsp3) is 0. The molecule has 8 nitrogen and oxygen atoms in total. The maximum absolute atomic E-state index is 11.3. The molecule has 0 aliphatic rings. The van der Waals surface area contributed by atoms with Crippen LogP contribution in [0.4, 0.5) is 22.7 Å². The molecule has 0 unspecified atom stereocenters. The number of hydrogen-bond acceptors (Lipinski definition) is 6. The molecule has 0 radical (unpaired) electrons. The average molecular weight is 310 g/mol. The van der Waals surface area contributed by atoms with Crippen LogP contribution >= 0.6 is 0 Å². The van der Waals surface area contributed by atoms with Crippen LogP contribution in [0.2, 0.25) is 0 Å². The molecular weight excluding hydrogens is 300 g/mol. The number of anilines is 2. The molecule has 3 aromatic rings. The highest BCUT2D eigenvalue weighted by Crippen LogP contribution is 2.39. The van der Waals surface area contributed by atoms with Gasteiger partial charge in [-0.2, -0.15) is 0 Å². The van der Waals surface area contributed by atoms with Crippen molar-refractivity contribution in [2.24, 2.45) is 0 Å². The van der Waals surface area contributed by atoms with Gasteiger partial charge in [0.2, 0.25) is 0 Å². The summed E-state index contributed by atoms with van der Waals surface area (Å²) in [5, 5.41) is 25.7. The molecule has 2 aromatic carbocycles. The van der Waals surface area contributed by atoms with E-state index in [0.29, 0.717) is 5.69 Å². The average Bonchev–Trinajstić information content (AvgIpc) is 2.55. The van der Waals surface area contributed by atoms with Crippen molar-refractivity contribution in [3.8, 4) is 0 Å². The number of fused-ring (bicyclic) bond motifs is 1. The van der Waals surface area contributed by atoms with E-state index in [-0.39, 0.29) is 22.3 Å². The zero-order valence-corrected chi connectivity index (χ0v) is 11.7. The SMILES string of the molecule is O=[N+]([O-])c1cc([N+](=O)[O-])c2cccnc2c1Nc1ccccc1. The van der Waals surface area contributed by atoms with E-state index < -0.39 is 15.5 Å². The minimum atomic E-state index is -0.660. The van der Waals surface area contributed by atoms with Gasteiger partial charge in [0.1, 0.15) is 11.2 Å².